The lowest BCUT2D eigenvalue weighted by atomic mass is 10.2. The first-order chi connectivity index (χ1) is 6.74. The number of carbonyl (C=O) groups excluding carboxylic acids is 1. The van der Waals surface area contributed by atoms with Gasteiger partial charge >= 0.3 is 5.97 Å². The number of nitrogens with two attached hydrogens (primary N) is 1. The van der Waals surface area contributed by atoms with Crippen molar-refractivity contribution in [3.8, 4) is 0 Å². The predicted molar refractivity (Wildman–Crippen MR) is 58.1 cm³/mol. The lowest BCUT2D eigenvalue weighted by molar-refractivity contribution is -0.145. The maximum Gasteiger partial charge on any atom is 0.324 e. The van der Waals surface area contributed by atoms with Gasteiger partial charge < -0.3 is 10.5 Å². The van der Waals surface area contributed by atoms with Gasteiger partial charge in [0.1, 0.15) is 12.6 Å². The van der Waals surface area contributed by atoms with E-state index in [4.69, 9.17) is 10.5 Å². The van der Waals surface area contributed by atoms with Gasteiger partial charge in [0.2, 0.25) is 0 Å². The van der Waals surface area contributed by atoms with Crippen LogP contribution in [-0.2, 0) is 16.1 Å². The fourth-order valence-corrected chi connectivity index (χ4v) is 1.06. The SMILES string of the molecule is N[C@H](CS)C(=O)OCc1ccccc1. The first-order valence-corrected chi connectivity index (χ1v) is 4.94. The summed E-state index contributed by atoms with van der Waals surface area (Å²) in [7, 11) is 0. The highest BCUT2D eigenvalue weighted by Gasteiger charge is 2.12. The van der Waals surface area contributed by atoms with Crippen LogP contribution in [0.1, 0.15) is 5.56 Å². The highest BCUT2D eigenvalue weighted by molar-refractivity contribution is 7.80. The van der Waals surface area contributed by atoms with Crippen LogP contribution < -0.4 is 5.73 Å². The molecule has 0 fully saturated rings. The smallest absolute Gasteiger partial charge is 0.324 e. The second kappa shape index (κ2) is 5.67. The molecule has 76 valence electrons. The summed E-state index contributed by atoms with van der Waals surface area (Å²) < 4.78 is 4.97. The van der Waals surface area contributed by atoms with E-state index in [1.54, 1.807) is 0 Å². The average Bonchev–Trinajstić information content (AvgIpc) is 2.26. The number of carbonyl (C=O) groups is 1. The van der Waals surface area contributed by atoms with Gasteiger partial charge in [-0.3, -0.25) is 4.79 Å². The first-order valence-electron chi connectivity index (χ1n) is 4.31. The molecule has 0 saturated carbocycles. The molecule has 1 aromatic rings. The second-order valence-electron chi connectivity index (χ2n) is 2.88. The standard InChI is InChI=1S/C10H13NO2S/c11-9(7-14)10(12)13-6-8-4-2-1-3-5-8/h1-5,9,14H,6-7,11H2/t9-/m1/s1. The maximum atomic E-state index is 11.2. The second-order valence-corrected chi connectivity index (χ2v) is 3.25. The Bertz CT molecular complexity index is 289. The van der Waals surface area contributed by atoms with Gasteiger partial charge in [0.25, 0.3) is 0 Å². The van der Waals surface area contributed by atoms with Crippen LogP contribution in [0.25, 0.3) is 0 Å². The molecule has 3 nitrogen and oxygen atoms in total. The van der Waals surface area contributed by atoms with Crippen LogP contribution in [0.3, 0.4) is 0 Å². The quantitative estimate of drug-likeness (QED) is 0.577. The normalized spacial score (nSPS) is 12.1. The molecular weight excluding hydrogens is 198 g/mol. The minimum Gasteiger partial charge on any atom is -0.460 e. The van der Waals surface area contributed by atoms with Gasteiger partial charge in [-0.25, -0.2) is 0 Å². The Morgan fingerprint density at radius 3 is 2.64 bits per heavy atom. The maximum absolute atomic E-state index is 11.2. The first kappa shape index (κ1) is 11.1. The van der Waals surface area contributed by atoms with E-state index in [2.05, 4.69) is 12.6 Å². The molecule has 14 heavy (non-hydrogen) atoms. The Morgan fingerprint density at radius 2 is 2.07 bits per heavy atom. The van der Waals surface area contributed by atoms with Crippen LogP contribution in [0.4, 0.5) is 0 Å². The van der Waals surface area contributed by atoms with Crippen LogP contribution in [0.15, 0.2) is 30.3 Å². The third-order valence-corrected chi connectivity index (χ3v) is 2.12. The molecule has 4 heteroatoms. The van der Waals surface area contributed by atoms with Gasteiger partial charge in [0, 0.05) is 5.75 Å². The van der Waals surface area contributed by atoms with E-state index in [-0.39, 0.29) is 6.61 Å². The minimum atomic E-state index is -0.637. The molecule has 1 aromatic carbocycles. The molecular formula is C10H13NO2S. The van der Waals surface area contributed by atoms with Gasteiger partial charge in [0.15, 0.2) is 0 Å². The van der Waals surface area contributed by atoms with Crippen molar-refractivity contribution in [2.75, 3.05) is 5.75 Å². The van der Waals surface area contributed by atoms with Crippen molar-refractivity contribution in [3.63, 3.8) is 0 Å². The van der Waals surface area contributed by atoms with E-state index >= 15 is 0 Å². The van der Waals surface area contributed by atoms with Gasteiger partial charge in [-0.05, 0) is 5.56 Å². The van der Waals surface area contributed by atoms with Gasteiger partial charge in [-0.1, -0.05) is 30.3 Å². The predicted octanol–water partition coefficient (Wildman–Crippen LogP) is 0.987. The summed E-state index contributed by atoms with van der Waals surface area (Å²) in [5, 5.41) is 0. The Balaban J connectivity index is 2.38. The molecule has 0 radical (unpaired) electrons. The summed E-state index contributed by atoms with van der Waals surface area (Å²) in [4.78, 5) is 11.2. The molecule has 1 atom stereocenters. The zero-order valence-electron chi connectivity index (χ0n) is 7.72. The minimum absolute atomic E-state index is 0.265. The van der Waals surface area contributed by atoms with Crippen LogP contribution in [0, 0.1) is 0 Å². The van der Waals surface area contributed by atoms with Crippen LogP contribution >= 0.6 is 12.6 Å². The molecule has 0 aliphatic carbocycles. The highest BCUT2D eigenvalue weighted by atomic mass is 32.1. The largest absolute Gasteiger partial charge is 0.460 e. The summed E-state index contributed by atoms with van der Waals surface area (Å²) in [6.07, 6.45) is 0. The van der Waals surface area contributed by atoms with E-state index in [1.165, 1.54) is 0 Å². The molecule has 1 rings (SSSR count). The lowest BCUT2D eigenvalue weighted by Crippen LogP contribution is -2.33. The number of hydrogen-bond donors (Lipinski definition) is 2. The Kier molecular flexibility index (Phi) is 4.49. The Morgan fingerprint density at radius 1 is 1.43 bits per heavy atom. The summed E-state index contributed by atoms with van der Waals surface area (Å²) in [5.41, 5.74) is 6.38. The summed E-state index contributed by atoms with van der Waals surface area (Å²) in [5.74, 6) is -0.114. The van der Waals surface area contributed by atoms with E-state index in [0.717, 1.165) is 5.56 Å². The molecule has 0 aromatic heterocycles. The molecule has 0 unspecified atom stereocenters. The molecule has 0 bridgehead atoms. The number of ether oxygens (including phenoxy) is 1. The molecule has 0 spiro atoms. The fourth-order valence-electron chi connectivity index (χ4n) is 0.910. The van der Waals surface area contributed by atoms with E-state index in [0.29, 0.717) is 5.75 Å². The van der Waals surface area contributed by atoms with Crippen LogP contribution in [0.5, 0.6) is 0 Å². The van der Waals surface area contributed by atoms with Crippen molar-refractivity contribution < 1.29 is 9.53 Å². The topological polar surface area (TPSA) is 52.3 Å². The van der Waals surface area contributed by atoms with Crippen molar-refractivity contribution in [1.82, 2.24) is 0 Å². The van der Waals surface area contributed by atoms with Crippen molar-refractivity contribution >= 4 is 18.6 Å². The zero-order chi connectivity index (χ0) is 10.4. The van der Waals surface area contributed by atoms with Gasteiger partial charge in [0.05, 0.1) is 0 Å². The molecule has 0 heterocycles. The average molecular weight is 211 g/mol. The zero-order valence-corrected chi connectivity index (χ0v) is 8.61. The van der Waals surface area contributed by atoms with E-state index < -0.39 is 12.0 Å². The number of esters is 1. The number of thiol groups is 1. The van der Waals surface area contributed by atoms with E-state index in [9.17, 15) is 4.79 Å². The fraction of sp³-hybridized carbons (Fsp3) is 0.300. The number of benzene rings is 1. The summed E-state index contributed by atoms with van der Waals surface area (Å²) in [6.45, 7) is 0.265. The third-order valence-electron chi connectivity index (χ3n) is 1.72. The molecule has 0 aliphatic rings. The van der Waals surface area contributed by atoms with Gasteiger partial charge in [-0.2, -0.15) is 12.6 Å². The highest BCUT2D eigenvalue weighted by Crippen LogP contribution is 2.01. The Hall–Kier alpha value is -1.00. The van der Waals surface area contributed by atoms with Crippen molar-refractivity contribution in [1.29, 1.82) is 0 Å². The summed E-state index contributed by atoms with van der Waals surface area (Å²) in [6, 6.07) is 8.83. The molecule has 0 saturated heterocycles. The van der Waals surface area contributed by atoms with Gasteiger partial charge in [-0.15, -0.1) is 0 Å². The van der Waals surface area contributed by atoms with Crippen molar-refractivity contribution in [2.45, 2.75) is 12.6 Å². The van der Waals surface area contributed by atoms with E-state index in [1.807, 2.05) is 30.3 Å². The molecule has 0 amide bonds. The summed E-state index contributed by atoms with van der Waals surface area (Å²) >= 11 is 3.91. The number of rotatable bonds is 4. The monoisotopic (exact) mass is 211 g/mol. The third kappa shape index (κ3) is 3.40. The van der Waals surface area contributed by atoms with Crippen LogP contribution in [-0.4, -0.2) is 17.8 Å². The van der Waals surface area contributed by atoms with Crippen molar-refractivity contribution in [2.24, 2.45) is 5.73 Å². The molecule has 2 N–H and O–H groups in total. The number of hydrogen-bond acceptors (Lipinski definition) is 4. The Labute approximate surface area is 88.7 Å². The molecule has 0 aliphatic heterocycles. The van der Waals surface area contributed by atoms with Crippen LogP contribution in [0.2, 0.25) is 0 Å². The lowest BCUT2D eigenvalue weighted by Gasteiger charge is -2.08. The van der Waals surface area contributed by atoms with Crippen molar-refractivity contribution in [3.05, 3.63) is 35.9 Å².